The molecule has 0 aromatic carbocycles. The number of hydrogen-bond acceptors (Lipinski definition) is 4. The van der Waals surface area contributed by atoms with Crippen LogP contribution >= 0.6 is 0 Å². The van der Waals surface area contributed by atoms with Gasteiger partial charge in [0, 0.05) is 12.6 Å². The quantitative estimate of drug-likeness (QED) is 0.700. The van der Waals surface area contributed by atoms with Crippen molar-refractivity contribution >= 4 is 17.9 Å². The number of urea groups is 1. The van der Waals surface area contributed by atoms with E-state index in [4.69, 9.17) is 10.5 Å². The number of nitrogens with two attached hydrogens (primary N) is 1. The number of rotatable bonds is 6. The lowest BCUT2D eigenvalue weighted by Gasteiger charge is -2.36. The number of ether oxygens (including phenoxy) is 1. The van der Waals surface area contributed by atoms with Crippen LogP contribution in [-0.2, 0) is 14.3 Å². The lowest BCUT2D eigenvalue weighted by molar-refractivity contribution is -0.143. The zero-order valence-corrected chi connectivity index (χ0v) is 12.6. The smallest absolute Gasteiger partial charge is 0.321 e. The van der Waals surface area contributed by atoms with Gasteiger partial charge in [0.15, 0.2) is 0 Å². The van der Waals surface area contributed by atoms with Gasteiger partial charge in [0.05, 0.1) is 19.3 Å². The molecule has 0 saturated carbocycles. The van der Waals surface area contributed by atoms with Gasteiger partial charge in [-0.25, -0.2) is 4.79 Å². The van der Waals surface area contributed by atoms with E-state index in [0.29, 0.717) is 6.54 Å². The first-order chi connectivity index (χ1) is 9.79. The topological polar surface area (TPSA) is 113 Å². The van der Waals surface area contributed by atoms with Crippen molar-refractivity contribution < 1.29 is 24.2 Å². The Hall–Kier alpha value is -1.83. The molecule has 8 nitrogen and oxygen atoms in total. The Morgan fingerprint density at radius 1 is 1.33 bits per heavy atom. The summed E-state index contributed by atoms with van der Waals surface area (Å²) in [5, 5.41) is 9.20. The summed E-state index contributed by atoms with van der Waals surface area (Å²) in [7, 11) is 0. The first-order valence-corrected chi connectivity index (χ1v) is 6.95. The second-order valence-corrected chi connectivity index (χ2v) is 5.31. The molecule has 0 aliphatic carbocycles. The molecule has 1 saturated heterocycles. The Kier molecular flexibility index (Phi) is 5.95. The van der Waals surface area contributed by atoms with Crippen molar-refractivity contribution in [3.05, 3.63) is 0 Å². The fourth-order valence-electron chi connectivity index (χ4n) is 2.40. The third-order valence-corrected chi connectivity index (χ3v) is 3.55. The molecule has 0 aromatic rings. The molecule has 1 heterocycles. The molecule has 3 N–H and O–H groups in total. The Bertz CT molecular complexity index is 413. The zero-order valence-electron chi connectivity index (χ0n) is 12.6. The Morgan fingerprint density at radius 2 is 1.95 bits per heavy atom. The van der Waals surface area contributed by atoms with Gasteiger partial charge in [-0.05, 0) is 20.8 Å². The largest absolute Gasteiger partial charge is 0.481 e. The summed E-state index contributed by atoms with van der Waals surface area (Å²) in [4.78, 5) is 37.7. The van der Waals surface area contributed by atoms with E-state index in [1.54, 1.807) is 20.8 Å². The number of amides is 3. The van der Waals surface area contributed by atoms with Gasteiger partial charge in [0.25, 0.3) is 0 Å². The molecule has 1 aliphatic heterocycles. The summed E-state index contributed by atoms with van der Waals surface area (Å²) >= 11 is 0. The molecule has 1 aliphatic rings. The highest BCUT2D eigenvalue weighted by molar-refractivity contribution is 5.84. The summed E-state index contributed by atoms with van der Waals surface area (Å²) in [6.45, 7) is 5.71. The minimum atomic E-state index is -0.991. The van der Waals surface area contributed by atoms with Crippen LogP contribution in [0.3, 0.4) is 0 Å². The van der Waals surface area contributed by atoms with Gasteiger partial charge in [-0.3, -0.25) is 9.59 Å². The second-order valence-electron chi connectivity index (χ2n) is 5.31. The number of carboxylic acids is 1. The van der Waals surface area contributed by atoms with E-state index in [2.05, 4.69) is 0 Å². The number of nitrogens with zero attached hydrogens (tertiary/aromatic N) is 2. The number of primary amides is 1. The maximum atomic E-state index is 12.6. The highest BCUT2D eigenvalue weighted by Crippen LogP contribution is 2.21. The van der Waals surface area contributed by atoms with Crippen LogP contribution in [0.5, 0.6) is 0 Å². The molecule has 120 valence electrons. The Balaban J connectivity index is 2.93. The van der Waals surface area contributed by atoms with Crippen LogP contribution in [0.4, 0.5) is 4.79 Å². The molecule has 0 aromatic heterocycles. The van der Waals surface area contributed by atoms with Crippen molar-refractivity contribution in [2.45, 2.75) is 32.9 Å². The summed E-state index contributed by atoms with van der Waals surface area (Å²) in [6, 6.07) is -1.15. The number of hydrogen-bond donors (Lipinski definition) is 2. The number of carbonyl (C=O) groups is 3. The first kappa shape index (κ1) is 17.2. The Morgan fingerprint density at radius 3 is 2.38 bits per heavy atom. The lowest BCUT2D eigenvalue weighted by Crippen LogP contribution is -2.55. The van der Waals surface area contributed by atoms with Crippen LogP contribution in [0.25, 0.3) is 0 Å². The molecule has 0 spiro atoms. The summed E-state index contributed by atoms with van der Waals surface area (Å²) in [5.41, 5.74) is 5.17. The van der Waals surface area contributed by atoms with Crippen LogP contribution in [0.15, 0.2) is 0 Å². The third kappa shape index (κ3) is 4.07. The van der Waals surface area contributed by atoms with Gasteiger partial charge in [-0.1, -0.05) is 0 Å². The van der Waals surface area contributed by atoms with Crippen molar-refractivity contribution in [1.29, 1.82) is 0 Å². The number of carbonyl (C=O) groups excluding carboxylic acids is 2. The average molecular weight is 301 g/mol. The van der Waals surface area contributed by atoms with Gasteiger partial charge < -0.3 is 25.4 Å². The van der Waals surface area contributed by atoms with Crippen molar-refractivity contribution in [2.24, 2.45) is 11.7 Å². The monoisotopic (exact) mass is 301 g/mol. The molecule has 2 atom stereocenters. The molecule has 0 radical (unpaired) electrons. The number of aliphatic carboxylic acids is 1. The van der Waals surface area contributed by atoms with Crippen LogP contribution < -0.4 is 5.73 Å². The van der Waals surface area contributed by atoms with Crippen molar-refractivity contribution in [1.82, 2.24) is 9.80 Å². The maximum absolute atomic E-state index is 12.6. The predicted molar refractivity (Wildman–Crippen MR) is 74.5 cm³/mol. The molecular formula is C13H23N3O5. The van der Waals surface area contributed by atoms with E-state index in [9.17, 15) is 19.5 Å². The van der Waals surface area contributed by atoms with E-state index in [1.165, 1.54) is 9.80 Å². The molecule has 1 fully saturated rings. The molecule has 2 unspecified atom stereocenters. The number of carboxylic acid groups (broad SMARTS) is 1. The fraction of sp³-hybridized carbons (Fsp3) is 0.769. The van der Waals surface area contributed by atoms with Gasteiger partial charge in [-0.15, -0.1) is 0 Å². The predicted octanol–water partition coefficient (Wildman–Crippen LogP) is -0.276. The summed E-state index contributed by atoms with van der Waals surface area (Å²) in [5.74, 6) is -2.35. The van der Waals surface area contributed by atoms with Crippen molar-refractivity contribution in [3.63, 3.8) is 0 Å². The number of likely N-dealkylation sites (N-methyl/N-ethyl adjacent to an activating group) is 1. The van der Waals surface area contributed by atoms with Gasteiger partial charge in [0.1, 0.15) is 12.5 Å². The van der Waals surface area contributed by atoms with Gasteiger partial charge in [0.2, 0.25) is 5.91 Å². The zero-order chi connectivity index (χ0) is 16.2. The summed E-state index contributed by atoms with van der Waals surface area (Å²) in [6.07, 6.45) is 0. The first-order valence-electron chi connectivity index (χ1n) is 6.95. The molecule has 21 heavy (non-hydrogen) atoms. The SMILES string of the molecule is CCN(C(=O)N(CC(N)=O)C(C)C)C1COCC1C(=O)O. The van der Waals surface area contributed by atoms with Crippen LogP contribution in [-0.4, -0.2) is 71.2 Å². The third-order valence-electron chi connectivity index (χ3n) is 3.55. The highest BCUT2D eigenvalue weighted by Gasteiger charge is 2.41. The van der Waals surface area contributed by atoms with Crippen LogP contribution in [0.2, 0.25) is 0 Å². The van der Waals surface area contributed by atoms with Crippen LogP contribution in [0, 0.1) is 5.92 Å². The fourth-order valence-corrected chi connectivity index (χ4v) is 2.40. The van der Waals surface area contributed by atoms with E-state index in [0.717, 1.165) is 0 Å². The standard InChI is InChI=1S/C13H23N3O5/c1-4-15(10-7-21-6-9(10)12(18)19)13(20)16(8(2)3)5-11(14)17/h8-10H,4-7H2,1-3H3,(H2,14,17)(H,18,19). The molecule has 3 amide bonds. The van der Waals surface area contributed by atoms with E-state index in [-0.39, 0.29) is 25.8 Å². The highest BCUT2D eigenvalue weighted by atomic mass is 16.5. The van der Waals surface area contributed by atoms with E-state index in [1.807, 2.05) is 0 Å². The summed E-state index contributed by atoms with van der Waals surface area (Å²) < 4.78 is 5.20. The van der Waals surface area contributed by atoms with E-state index >= 15 is 0 Å². The maximum Gasteiger partial charge on any atom is 0.321 e. The Labute approximate surface area is 123 Å². The van der Waals surface area contributed by atoms with Crippen molar-refractivity contribution in [3.8, 4) is 0 Å². The van der Waals surface area contributed by atoms with E-state index < -0.39 is 29.9 Å². The lowest BCUT2D eigenvalue weighted by atomic mass is 10.0. The molecule has 1 rings (SSSR count). The molecule has 8 heteroatoms. The normalized spacial score (nSPS) is 21.3. The van der Waals surface area contributed by atoms with Crippen molar-refractivity contribution in [2.75, 3.05) is 26.3 Å². The average Bonchev–Trinajstić information content (AvgIpc) is 2.85. The minimum absolute atomic E-state index is 0.0846. The second kappa shape index (κ2) is 7.26. The van der Waals surface area contributed by atoms with Gasteiger partial charge >= 0.3 is 12.0 Å². The minimum Gasteiger partial charge on any atom is -0.481 e. The molecular weight excluding hydrogens is 278 g/mol. The molecule has 0 bridgehead atoms. The van der Waals surface area contributed by atoms with Gasteiger partial charge in [-0.2, -0.15) is 0 Å². The van der Waals surface area contributed by atoms with Crippen LogP contribution in [0.1, 0.15) is 20.8 Å².